The lowest BCUT2D eigenvalue weighted by Gasteiger charge is -2.03. The van der Waals surface area contributed by atoms with E-state index >= 15 is 0 Å². The number of nitrogen functional groups attached to an aromatic ring is 1. The number of benzene rings is 1. The standard InChI is InChI=1S/C11H9NO2S2/c12-9-6-7(3-4-8(9)11(13)14)16-10-2-1-5-15-10/h1-6H,12H2,(H,13,14). The predicted octanol–water partition coefficient (Wildman–Crippen LogP) is 3.18. The van der Waals surface area contributed by atoms with Gasteiger partial charge in [0.25, 0.3) is 0 Å². The quantitative estimate of drug-likeness (QED) is 0.822. The van der Waals surface area contributed by atoms with Crippen molar-refractivity contribution in [2.75, 3.05) is 5.73 Å². The van der Waals surface area contributed by atoms with E-state index in [1.54, 1.807) is 35.2 Å². The normalized spacial score (nSPS) is 10.2. The van der Waals surface area contributed by atoms with E-state index in [9.17, 15) is 4.79 Å². The number of hydrogen-bond acceptors (Lipinski definition) is 4. The Morgan fingerprint density at radius 3 is 2.75 bits per heavy atom. The first-order valence-electron chi connectivity index (χ1n) is 4.51. The fraction of sp³-hybridized carbons (Fsp3) is 0. The van der Waals surface area contributed by atoms with Crippen LogP contribution in [0.3, 0.4) is 0 Å². The Morgan fingerprint density at radius 1 is 1.38 bits per heavy atom. The molecule has 5 heteroatoms. The van der Waals surface area contributed by atoms with Crippen LogP contribution in [0, 0.1) is 0 Å². The summed E-state index contributed by atoms with van der Waals surface area (Å²) in [6.07, 6.45) is 0. The number of carbonyl (C=O) groups is 1. The first-order chi connectivity index (χ1) is 7.66. The molecule has 0 fully saturated rings. The lowest BCUT2D eigenvalue weighted by atomic mass is 10.2. The third kappa shape index (κ3) is 2.37. The number of aromatic carboxylic acids is 1. The lowest BCUT2D eigenvalue weighted by Crippen LogP contribution is -2.01. The van der Waals surface area contributed by atoms with Gasteiger partial charge in [-0.1, -0.05) is 17.8 Å². The Labute approximate surface area is 101 Å². The van der Waals surface area contributed by atoms with Crippen LogP contribution >= 0.6 is 23.1 Å². The maximum atomic E-state index is 10.8. The van der Waals surface area contributed by atoms with Crippen LogP contribution in [0.2, 0.25) is 0 Å². The molecule has 0 atom stereocenters. The molecule has 1 aromatic heterocycles. The Morgan fingerprint density at radius 2 is 2.19 bits per heavy atom. The molecule has 0 spiro atoms. The van der Waals surface area contributed by atoms with E-state index in [-0.39, 0.29) is 5.56 Å². The number of nitrogens with two attached hydrogens (primary N) is 1. The van der Waals surface area contributed by atoms with Crippen molar-refractivity contribution in [2.45, 2.75) is 9.10 Å². The highest BCUT2D eigenvalue weighted by molar-refractivity contribution is 8.01. The van der Waals surface area contributed by atoms with E-state index in [2.05, 4.69) is 0 Å². The summed E-state index contributed by atoms with van der Waals surface area (Å²) in [5.74, 6) is -0.995. The van der Waals surface area contributed by atoms with Gasteiger partial charge in [-0.2, -0.15) is 0 Å². The molecule has 0 aliphatic rings. The molecule has 0 aliphatic carbocycles. The molecule has 82 valence electrons. The Balaban J connectivity index is 2.24. The van der Waals surface area contributed by atoms with Gasteiger partial charge in [0.2, 0.25) is 0 Å². The van der Waals surface area contributed by atoms with Crippen molar-refractivity contribution >= 4 is 34.8 Å². The van der Waals surface area contributed by atoms with Gasteiger partial charge in [-0.3, -0.25) is 0 Å². The first-order valence-corrected chi connectivity index (χ1v) is 6.20. The first kappa shape index (κ1) is 11.0. The van der Waals surface area contributed by atoms with Gasteiger partial charge in [0, 0.05) is 10.6 Å². The molecule has 0 bridgehead atoms. The second kappa shape index (κ2) is 4.59. The van der Waals surface area contributed by atoms with Crippen LogP contribution in [-0.4, -0.2) is 11.1 Å². The second-order valence-corrected chi connectivity index (χ2v) is 5.41. The van der Waals surface area contributed by atoms with Crippen LogP contribution in [0.4, 0.5) is 5.69 Å². The average Bonchev–Trinajstić information content (AvgIpc) is 2.70. The van der Waals surface area contributed by atoms with Gasteiger partial charge in [0.1, 0.15) is 0 Å². The molecule has 1 aromatic carbocycles. The number of carboxylic acid groups (broad SMARTS) is 1. The average molecular weight is 251 g/mol. The zero-order valence-electron chi connectivity index (χ0n) is 8.21. The molecule has 3 nitrogen and oxygen atoms in total. The summed E-state index contributed by atoms with van der Waals surface area (Å²) in [6, 6.07) is 8.98. The summed E-state index contributed by atoms with van der Waals surface area (Å²) in [5, 5.41) is 10.8. The Hall–Kier alpha value is -1.46. The van der Waals surface area contributed by atoms with Gasteiger partial charge in [-0.25, -0.2) is 4.79 Å². The van der Waals surface area contributed by atoms with Crippen molar-refractivity contribution in [3.8, 4) is 0 Å². The van der Waals surface area contributed by atoms with Crippen LogP contribution < -0.4 is 5.73 Å². The molecule has 1 heterocycles. The van der Waals surface area contributed by atoms with E-state index in [0.717, 1.165) is 9.10 Å². The smallest absolute Gasteiger partial charge is 0.337 e. The third-order valence-electron chi connectivity index (χ3n) is 1.97. The molecule has 0 radical (unpaired) electrons. The Kier molecular flexibility index (Phi) is 3.17. The Bertz CT molecular complexity index is 509. The molecular weight excluding hydrogens is 242 g/mol. The zero-order chi connectivity index (χ0) is 11.5. The minimum Gasteiger partial charge on any atom is -0.478 e. The highest BCUT2D eigenvalue weighted by Crippen LogP contribution is 2.32. The summed E-state index contributed by atoms with van der Waals surface area (Å²) in [7, 11) is 0. The number of anilines is 1. The monoisotopic (exact) mass is 251 g/mol. The SMILES string of the molecule is Nc1cc(Sc2cccs2)ccc1C(=O)O. The highest BCUT2D eigenvalue weighted by atomic mass is 32.2. The topological polar surface area (TPSA) is 63.3 Å². The van der Waals surface area contributed by atoms with E-state index in [1.165, 1.54) is 6.07 Å². The minimum atomic E-state index is -0.995. The van der Waals surface area contributed by atoms with E-state index < -0.39 is 5.97 Å². The van der Waals surface area contributed by atoms with Gasteiger partial charge in [0.15, 0.2) is 0 Å². The van der Waals surface area contributed by atoms with Crippen LogP contribution in [-0.2, 0) is 0 Å². The molecule has 16 heavy (non-hydrogen) atoms. The lowest BCUT2D eigenvalue weighted by molar-refractivity contribution is 0.0698. The van der Waals surface area contributed by atoms with Crippen molar-refractivity contribution in [1.82, 2.24) is 0 Å². The van der Waals surface area contributed by atoms with Crippen molar-refractivity contribution in [3.05, 3.63) is 41.3 Å². The van der Waals surface area contributed by atoms with E-state index in [4.69, 9.17) is 10.8 Å². The molecule has 0 amide bonds. The van der Waals surface area contributed by atoms with Crippen molar-refractivity contribution in [1.29, 1.82) is 0 Å². The maximum Gasteiger partial charge on any atom is 0.337 e. The summed E-state index contributed by atoms with van der Waals surface area (Å²) in [6.45, 7) is 0. The minimum absolute atomic E-state index is 0.149. The van der Waals surface area contributed by atoms with Crippen LogP contribution in [0.15, 0.2) is 44.8 Å². The molecule has 0 unspecified atom stereocenters. The van der Waals surface area contributed by atoms with Crippen molar-refractivity contribution < 1.29 is 9.90 Å². The van der Waals surface area contributed by atoms with Crippen molar-refractivity contribution in [2.24, 2.45) is 0 Å². The maximum absolute atomic E-state index is 10.8. The van der Waals surface area contributed by atoms with Crippen molar-refractivity contribution in [3.63, 3.8) is 0 Å². The number of rotatable bonds is 3. The summed E-state index contributed by atoms with van der Waals surface area (Å²) in [4.78, 5) is 11.7. The van der Waals surface area contributed by atoms with Gasteiger partial charge in [0.05, 0.1) is 9.77 Å². The van der Waals surface area contributed by atoms with Crippen LogP contribution in [0.1, 0.15) is 10.4 Å². The van der Waals surface area contributed by atoms with Crippen LogP contribution in [0.25, 0.3) is 0 Å². The van der Waals surface area contributed by atoms with E-state index in [0.29, 0.717) is 5.69 Å². The van der Waals surface area contributed by atoms with E-state index in [1.807, 2.05) is 17.5 Å². The number of hydrogen-bond donors (Lipinski definition) is 2. The largest absolute Gasteiger partial charge is 0.478 e. The zero-order valence-corrected chi connectivity index (χ0v) is 9.85. The van der Waals surface area contributed by atoms with Crippen LogP contribution in [0.5, 0.6) is 0 Å². The fourth-order valence-corrected chi connectivity index (χ4v) is 3.03. The fourth-order valence-electron chi connectivity index (χ4n) is 1.24. The number of carboxylic acids is 1. The molecule has 0 saturated carbocycles. The highest BCUT2D eigenvalue weighted by Gasteiger charge is 2.08. The molecule has 3 N–H and O–H groups in total. The number of thiophene rings is 1. The molecule has 2 aromatic rings. The van der Waals surface area contributed by atoms with Gasteiger partial charge >= 0.3 is 5.97 Å². The molecule has 0 aliphatic heterocycles. The summed E-state index contributed by atoms with van der Waals surface area (Å²) >= 11 is 3.21. The molecule has 0 saturated heterocycles. The predicted molar refractivity (Wildman–Crippen MR) is 66.3 cm³/mol. The summed E-state index contributed by atoms with van der Waals surface area (Å²) in [5.41, 5.74) is 6.11. The third-order valence-corrected chi connectivity index (χ3v) is 3.99. The summed E-state index contributed by atoms with van der Waals surface area (Å²) < 4.78 is 1.16. The second-order valence-electron chi connectivity index (χ2n) is 3.09. The van der Waals surface area contributed by atoms with Gasteiger partial charge in [-0.05, 0) is 29.6 Å². The van der Waals surface area contributed by atoms with Gasteiger partial charge in [-0.15, -0.1) is 11.3 Å². The van der Waals surface area contributed by atoms with Gasteiger partial charge < -0.3 is 10.8 Å². The molecule has 2 rings (SSSR count). The molecular formula is C11H9NO2S2.